The van der Waals surface area contributed by atoms with Crippen molar-refractivity contribution in [2.75, 3.05) is 19.5 Å². The van der Waals surface area contributed by atoms with E-state index in [-0.39, 0.29) is 0 Å². The smallest absolute Gasteiger partial charge is 0.127 e. The molecular formula is C11H12N2OS. The summed E-state index contributed by atoms with van der Waals surface area (Å²) >= 11 is 1.68. The van der Waals surface area contributed by atoms with Crippen molar-refractivity contribution in [3.8, 4) is 0 Å². The molecule has 0 spiro atoms. The van der Waals surface area contributed by atoms with Crippen molar-refractivity contribution in [1.29, 1.82) is 0 Å². The summed E-state index contributed by atoms with van der Waals surface area (Å²) in [5.74, 6) is 0.902. The van der Waals surface area contributed by atoms with E-state index in [2.05, 4.69) is 16.3 Å². The van der Waals surface area contributed by atoms with Gasteiger partial charge in [-0.15, -0.1) is 16.9 Å². The van der Waals surface area contributed by atoms with E-state index in [0.29, 0.717) is 0 Å². The van der Waals surface area contributed by atoms with Crippen LogP contribution in [0.2, 0.25) is 0 Å². The number of thioether (sulfide) groups is 1. The molecule has 0 aliphatic rings. The topological polar surface area (TPSA) is 35.0 Å². The molecule has 1 aromatic carbocycles. The number of benzene rings is 1. The predicted molar refractivity (Wildman–Crippen MR) is 62.1 cm³/mol. The minimum atomic E-state index is 0.732. The average molecular weight is 220 g/mol. The zero-order chi connectivity index (χ0) is 10.5. The number of aromatic nitrogens is 2. The van der Waals surface area contributed by atoms with Gasteiger partial charge in [-0.3, -0.25) is 0 Å². The molecule has 0 atom stereocenters. The van der Waals surface area contributed by atoms with E-state index >= 15 is 0 Å². The maximum atomic E-state index is 5.01. The lowest BCUT2D eigenvalue weighted by molar-refractivity contribution is 0.218. The Bertz CT molecular complexity index is 442. The van der Waals surface area contributed by atoms with Gasteiger partial charge in [0, 0.05) is 23.6 Å². The first kappa shape index (κ1) is 10.4. The van der Waals surface area contributed by atoms with Gasteiger partial charge in [-0.05, 0) is 0 Å². The van der Waals surface area contributed by atoms with Crippen LogP contribution >= 0.6 is 11.8 Å². The molecule has 0 bridgehead atoms. The van der Waals surface area contributed by atoms with Crippen molar-refractivity contribution in [2.24, 2.45) is 0 Å². The molecule has 4 heteroatoms. The van der Waals surface area contributed by atoms with Gasteiger partial charge in [0.05, 0.1) is 12.8 Å². The largest absolute Gasteiger partial charge is 0.384 e. The van der Waals surface area contributed by atoms with Crippen LogP contribution in [0.1, 0.15) is 0 Å². The third-order valence-corrected chi connectivity index (χ3v) is 3.01. The second-order valence-corrected chi connectivity index (χ2v) is 4.16. The Hall–Kier alpha value is -1.13. The summed E-state index contributed by atoms with van der Waals surface area (Å²) in [5, 5.41) is 11.4. The van der Waals surface area contributed by atoms with Gasteiger partial charge in [0.25, 0.3) is 0 Å². The van der Waals surface area contributed by atoms with Crippen LogP contribution < -0.4 is 0 Å². The Labute approximate surface area is 92.9 Å². The molecule has 0 fully saturated rings. The van der Waals surface area contributed by atoms with Crippen LogP contribution in [0.25, 0.3) is 10.8 Å². The highest BCUT2D eigenvalue weighted by molar-refractivity contribution is 7.99. The van der Waals surface area contributed by atoms with Gasteiger partial charge < -0.3 is 4.74 Å². The normalized spacial score (nSPS) is 10.7. The maximum Gasteiger partial charge on any atom is 0.127 e. The molecule has 0 aliphatic carbocycles. The Balaban J connectivity index is 2.26. The van der Waals surface area contributed by atoms with Crippen molar-refractivity contribution in [3.05, 3.63) is 30.5 Å². The van der Waals surface area contributed by atoms with Gasteiger partial charge in [0.15, 0.2) is 0 Å². The minimum Gasteiger partial charge on any atom is -0.384 e. The van der Waals surface area contributed by atoms with E-state index in [1.165, 1.54) is 0 Å². The molecule has 1 aromatic heterocycles. The van der Waals surface area contributed by atoms with Crippen molar-refractivity contribution >= 4 is 22.5 Å². The second kappa shape index (κ2) is 5.09. The highest BCUT2D eigenvalue weighted by atomic mass is 32.2. The molecule has 0 saturated carbocycles. The highest BCUT2D eigenvalue weighted by Crippen LogP contribution is 2.24. The van der Waals surface area contributed by atoms with Gasteiger partial charge in [-0.25, -0.2) is 0 Å². The van der Waals surface area contributed by atoms with Crippen molar-refractivity contribution in [3.63, 3.8) is 0 Å². The highest BCUT2D eigenvalue weighted by Gasteiger charge is 2.02. The third kappa shape index (κ3) is 2.46. The van der Waals surface area contributed by atoms with Gasteiger partial charge in [0.1, 0.15) is 5.03 Å². The van der Waals surface area contributed by atoms with Crippen molar-refractivity contribution in [1.82, 2.24) is 10.2 Å². The zero-order valence-electron chi connectivity index (χ0n) is 8.51. The standard InChI is InChI=1S/C11H12N2OS/c1-14-6-7-15-11-10-5-3-2-4-9(10)8-12-13-11/h2-5,8H,6-7H2,1H3. The number of hydrogen-bond donors (Lipinski definition) is 0. The number of ether oxygens (including phenoxy) is 1. The third-order valence-electron chi connectivity index (χ3n) is 2.06. The fraction of sp³-hybridized carbons (Fsp3) is 0.273. The van der Waals surface area contributed by atoms with E-state index in [1.54, 1.807) is 25.1 Å². The Morgan fingerprint density at radius 2 is 2.20 bits per heavy atom. The molecule has 0 radical (unpaired) electrons. The van der Waals surface area contributed by atoms with Gasteiger partial charge in [0.2, 0.25) is 0 Å². The lowest BCUT2D eigenvalue weighted by atomic mass is 10.2. The van der Waals surface area contributed by atoms with Crippen LogP contribution in [0.5, 0.6) is 0 Å². The molecule has 1 heterocycles. The van der Waals surface area contributed by atoms with Gasteiger partial charge >= 0.3 is 0 Å². The van der Waals surface area contributed by atoms with Crippen LogP contribution in [0.15, 0.2) is 35.5 Å². The first-order valence-corrected chi connectivity index (χ1v) is 5.72. The number of nitrogens with zero attached hydrogens (tertiary/aromatic N) is 2. The molecule has 78 valence electrons. The zero-order valence-corrected chi connectivity index (χ0v) is 9.33. The average Bonchev–Trinajstić information content (AvgIpc) is 2.30. The molecule has 15 heavy (non-hydrogen) atoms. The van der Waals surface area contributed by atoms with Crippen molar-refractivity contribution in [2.45, 2.75) is 5.03 Å². The summed E-state index contributed by atoms with van der Waals surface area (Å²) in [6, 6.07) is 8.14. The molecule has 0 N–H and O–H groups in total. The van der Waals surface area contributed by atoms with Crippen LogP contribution in [-0.4, -0.2) is 29.7 Å². The summed E-state index contributed by atoms with van der Waals surface area (Å²) in [4.78, 5) is 0. The Morgan fingerprint density at radius 1 is 1.33 bits per heavy atom. The van der Waals surface area contributed by atoms with Crippen molar-refractivity contribution < 1.29 is 4.74 Å². The summed E-state index contributed by atoms with van der Waals surface area (Å²) in [6.07, 6.45) is 1.79. The van der Waals surface area contributed by atoms with Crippen LogP contribution in [0.3, 0.4) is 0 Å². The molecule has 3 nitrogen and oxygen atoms in total. The molecule has 0 aliphatic heterocycles. The Morgan fingerprint density at radius 3 is 3.07 bits per heavy atom. The Kier molecular flexibility index (Phi) is 3.53. The number of hydrogen-bond acceptors (Lipinski definition) is 4. The van der Waals surface area contributed by atoms with E-state index in [9.17, 15) is 0 Å². The molecule has 0 saturated heterocycles. The monoisotopic (exact) mass is 220 g/mol. The van der Waals surface area contributed by atoms with E-state index in [0.717, 1.165) is 28.2 Å². The quantitative estimate of drug-likeness (QED) is 0.585. The molecule has 2 aromatic rings. The maximum absolute atomic E-state index is 5.01. The van der Waals surface area contributed by atoms with Gasteiger partial charge in [-0.2, -0.15) is 5.10 Å². The van der Waals surface area contributed by atoms with Crippen LogP contribution in [0.4, 0.5) is 0 Å². The SMILES string of the molecule is COCCSc1nncc2ccccc12. The van der Waals surface area contributed by atoms with Gasteiger partial charge in [-0.1, -0.05) is 24.3 Å². The van der Waals surface area contributed by atoms with Crippen LogP contribution in [0, 0.1) is 0 Å². The number of fused-ring (bicyclic) bond motifs is 1. The predicted octanol–water partition coefficient (Wildman–Crippen LogP) is 2.37. The summed E-state index contributed by atoms with van der Waals surface area (Å²) in [5.41, 5.74) is 0. The number of methoxy groups -OCH3 is 1. The first-order valence-electron chi connectivity index (χ1n) is 4.74. The summed E-state index contributed by atoms with van der Waals surface area (Å²) < 4.78 is 5.01. The molecule has 0 unspecified atom stereocenters. The van der Waals surface area contributed by atoms with Crippen LogP contribution in [-0.2, 0) is 4.74 Å². The second-order valence-electron chi connectivity index (χ2n) is 3.08. The lowest BCUT2D eigenvalue weighted by Crippen LogP contribution is -1.94. The fourth-order valence-corrected chi connectivity index (χ4v) is 2.22. The lowest BCUT2D eigenvalue weighted by Gasteiger charge is -2.03. The molecular weight excluding hydrogens is 208 g/mol. The van der Waals surface area contributed by atoms with E-state index in [1.807, 2.05) is 18.2 Å². The summed E-state index contributed by atoms with van der Waals surface area (Å²) in [6.45, 7) is 0.732. The first-order chi connectivity index (χ1) is 7.42. The fourth-order valence-electron chi connectivity index (χ4n) is 1.33. The summed E-state index contributed by atoms with van der Waals surface area (Å²) in [7, 11) is 1.70. The molecule has 2 rings (SSSR count). The minimum absolute atomic E-state index is 0.732. The van der Waals surface area contributed by atoms with E-state index in [4.69, 9.17) is 4.74 Å². The number of rotatable bonds is 4. The molecule has 0 amide bonds. The van der Waals surface area contributed by atoms with E-state index < -0.39 is 0 Å².